The Morgan fingerprint density at radius 1 is 1.88 bits per heavy atom. The second-order valence-corrected chi connectivity index (χ2v) is 1.89. The van der Waals surface area contributed by atoms with E-state index in [2.05, 4.69) is 23.9 Å². The minimum absolute atomic E-state index is 0.911. The molecule has 0 bridgehead atoms. The van der Waals surface area contributed by atoms with E-state index in [4.69, 9.17) is 0 Å². The minimum atomic E-state index is 0.911. The Morgan fingerprint density at radius 2 is 2.75 bits per heavy atom. The van der Waals surface area contributed by atoms with Gasteiger partial charge in [0.25, 0.3) is 0 Å². The largest absolute Gasteiger partial charge is 0.281 e. The Morgan fingerprint density at radius 3 is 3.25 bits per heavy atom. The molecule has 8 heavy (non-hydrogen) atoms. The van der Waals surface area contributed by atoms with Gasteiger partial charge in [0.05, 0.1) is 0 Å². The molecule has 0 fully saturated rings. The fraction of sp³-hybridized carbons (Fsp3) is 0.667. The van der Waals surface area contributed by atoms with E-state index in [1.54, 1.807) is 0 Å². The second kappa shape index (κ2) is 2.82. The maximum absolute atomic E-state index is 3.98. The van der Waals surface area contributed by atoms with E-state index in [-0.39, 0.29) is 0 Å². The number of hydrogen-bond acceptors (Lipinski definition) is 2. The van der Waals surface area contributed by atoms with Crippen LogP contribution in [0, 0.1) is 6.67 Å². The van der Waals surface area contributed by atoms with Crippen LogP contribution in [0.4, 0.5) is 0 Å². The molecule has 0 aromatic carbocycles. The SMILES string of the molecule is CCCC1=N[C]NC1. The average molecular weight is 110 g/mol. The van der Waals surface area contributed by atoms with E-state index in [0.29, 0.717) is 0 Å². The molecule has 1 rings (SSSR count). The lowest BCUT2D eigenvalue weighted by Crippen LogP contribution is -2.10. The van der Waals surface area contributed by atoms with Crippen LogP contribution in [0.1, 0.15) is 19.8 Å². The highest BCUT2D eigenvalue weighted by atomic mass is 15.1. The zero-order valence-electron chi connectivity index (χ0n) is 5.07. The van der Waals surface area contributed by atoms with E-state index >= 15 is 0 Å². The number of hydrogen-bond donors (Lipinski definition) is 1. The first-order chi connectivity index (χ1) is 3.93. The van der Waals surface area contributed by atoms with Crippen molar-refractivity contribution in [2.45, 2.75) is 19.8 Å². The molecule has 1 aliphatic rings. The summed E-state index contributed by atoms with van der Waals surface area (Å²) in [7, 11) is 0. The van der Waals surface area contributed by atoms with Gasteiger partial charge in [0, 0.05) is 12.3 Å². The van der Waals surface area contributed by atoms with Crippen LogP contribution in [-0.2, 0) is 0 Å². The van der Waals surface area contributed by atoms with E-state index in [0.717, 1.165) is 13.0 Å². The molecule has 44 valence electrons. The fourth-order valence-corrected chi connectivity index (χ4v) is 0.733. The lowest BCUT2D eigenvalue weighted by atomic mass is 10.2. The molecule has 2 heteroatoms. The van der Waals surface area contributed by atoms with Crippen LogP contribution in [0.5, 0.6) is 0 Å². The van der Waals surface area contributed by atoms with Crippen molar-refractivity contribution in [2.75, 3.05) is 6.54 Å². The van der Waals surface area contributed by atoms with Gasteiger partial charge in [-0.2, -0.15) is 0 Å². The van der Waals surface area contributed by atoms with E-state index in [1.165, 1.54) is 12.1 Å². The molecule has 1 N–H and O–H groups in total. The van der Waals surface area contributed by atoms with Crippen LogP contribution in [0.15, 0.2) is 4.99 Å². The van der Waals surface area contributed by atoms with Crippen LogP contribution in [0.2, 0.25) is 0 Å². The number of rotatable bonds is 2. The van der Waals surface area contributed by atoms with E-state index in [9.17, 15) is 0 Å². The van der Waals surface area contributed by atoms with Gasteiger partial charge in [-0.05, 0) is 6.42 Å². The lowest BCUT2D eigenvalue weighted by molar-refractivity contribution is 0.940. The highest BCUT2D eigenvalue weighted by Crippen LogP contribution is 1.97. The fourth-order valence-electron chi connectivity index (χ4n) is 0.733. The summed E-state index contributed by atoms with van der Waals surface area (Å²) in [5.74, 6) is 0. The number of nitrogens with one attached hydrogen (secondary N) is 1. The molecule has 0 saturated carbocycles. The molecule has 0 amide bonds. The first kappa shape index (κ1) is 5.76. The third-order valence-corrected chi connectivity index (χ3v) is 1.12. The second-order valence-electron chi connectivity index (χ2n) is 1.89. The molecular weight excluding hydrogens is 100 g/mol. The van der Waals surface area contributed by atoms with Crippen molar-refractivity contribution in [3.8, 4) is 0 Å². The summed E-state index contributed by atoms with van der Waals surface area (Å²) in [6.45, 7) is 5.76. The Bertz CT molecular complexity index is 96.7. The standard InChI is InChI=1S/C6H10N2/c1-2-3-6-4-7-5-8-6/h7H,2-4H2,1H3. The molecular formula is C6H10N2. The van der Waals surface area contributed by atoms with Gasteiger partial charge >= 0.3 is 0 Å². The van der Waals surface area contributed by atoms with Crippen molar-refractivity contribution in [3.63, 3.8) is 0 Å². The minimum Gasteiger partial charge on any atom is -0.281 e. The molecule has 0 aromatic heterocycles. The summed E-state index contributed by atoms with van der Waals surface area (Å²) in [5, 5.41) is 2.90. The molecule has 1 heterocycles. The van der Waals surface area contributed by atoms with Crippen LogP contribution < -0.4 is 5.32 Å². The Labute approximate surface area is 50.0 Å². The molecule has 0 aromatic rings. The van der Waals surface area contributed by atoms with E-state index in [1.807, 2.05) is 0 Å². The van der Waals surface area contributed by atoms with Crippen molar-refractivity contribution in [2.24, 2.45) is 4.99 Å². The maximum atomic E-state index is 3.98. The van der Waals surface area contributed by atoms with Gasteiger partial charge < -0.3 is 0 Å². The monoisotopic (exact) mass is 110 g/mol. The molecule has 0 unspecified atom stereocenters. The molecule has 0 saturated heterocycles. The first-order valence-corrected chi connectivity index (χ1v) is 2.96. The topological polar surface area (TPSA) is 24.4 Å². The summed E-state index contributed by atoms with van der Waals surface area (Å²) in [4.78, 5) is 3.98. The summed E-state index contributed by atoms with van der Waals surface area (Å²) in [6.07, 6.45) is 2.29. The maximum Gasteiger partial charge on any atom is 0.196 e. The van der Waals surface area contributed by atoms with Crippen LogP contribution in [0.25, 0.3) is 0 Å². The van der Waals surface area contributed by atoms with Crippen molar-refractivity contribution < 1.29 is 0 Å². The molecule has 0 atom stereocenters. The lowest BCUT2D eigenvalue weighted by Gasteiger charge is -1.91. The Kier molecular flexibility index (Phi) is 2.03. The zero-order valence-corrected chi connectivity index (χ0v) is 5.07. The third-order valence-electron chi connectivity index (χ3n) is 1.12. The van der Waals surface area contributed by atoms with Crippen LogP contribution >= 0.6 is 0 Å². The van der Waals surface area contributed by atoms with Crippen molar-refractivity contribution in [1.29, 1.82) is 0 Å². The van der Waals surface area contributed by atoms with Crippen molar-refractivity contribution in [3.05, 3.63) is 6.67 Å². The smallest absolute Gasteiger partial charge is 0.196 e. The molecule has 2 nitrogen and oxygen atoms in total. The van der Waals surface area contributed by atoms with Gasteiger partial charge in [0.2, 0.25) is 0 Å². The van der Waals surface area contributed by atoms with Gasteiger partial charge in [0.1, 0.15) is 0 Å². The zero-order chi connectivity index (χ0) is 5.82. The quantitative estimate of drug-likeness (QED) is 0.559. The van der Waals surface area contributed by atoms with Gasteiger partial charge in [-0.25, -0.2) is 0 Å². The number of aliphatic imine (C=N–C) groups is 1. The van der Waals surface area contributed by atoms with Gasteiger partial charge in [-0.3, -0.25) is 10.3 Å². The predicted octanol–water partition coefficient (Wildman–Crippen LogP) is 0.827. The van der Waals surface area contributed by atoms with Gasteiger partial charge in [0.15, 0.2) is 6.67 Å². The molecule has 2 radical (unpaired) electrons. The van der Waals surface area contributed by atoms with Gasteiger partial charge in [-0.1, -0.05) is 13.3 Å². The average Bonchev–Trinajstić information content (AvgIpc) is 2.19. The number of nitrogens with zero attached hydrogens (tertiary/aromatic N) is 1. The van der Waals surface area contributed by atoms with E-state index < -0.39 is 0 Å². The predicted molar refractivity (Wildman–Crippen MR) is 33.6 cm³/mol. The highest BCUT2D eigenvalue weighted by Gasteiger charge is 2.03. The van der Waals surface area contributed by atoms with Crippen LogP contribution in [-0.4, -0.2) is 12.3 Å². The van der Waals surface area contributed by atoms with Crippen molar-refractivity contribution in [1.82, 2.24) is 5.32 Å². The van der Waals surface area contributed by atoms with Crippen molar-refractivity contribution >= 4 is 5.71 Å². The highest BCUT2D eigenvalue weighted by molar-refractivity contribution is 5.88. The third kappa shape index (κ3) is 1.30. The molecule has 0 spiro atoms. The normalized spacial score (nSPS) is 18.9. The summed E-state index contributed by atoms with van der Waals surface area (Å²) in [5.41, 5.74) is 1.23. The summed E-state index contributed by atoms with van der Waals surface area (Å²) >= 11 is 0. The first-order valence-electron chi connectivity index (χ1n) is 2.96. The Balaban J connectivity index is 2.23. The summed E-state index contributed by atoms with van der Waals surface area (Å²) < 4.78 is 0. The van der Waals surface area contributed by atoms with Gasteiger partial charge in [-0.15, -0.1) is 0 Å². The Hall–Kier alpha value is -0.370. The van der Waals surface area contributed by atoms with Crippen LogP contribution in [0.3, 0.4) is 0 Å². The molecule has 0 aliphatic carbocycles. The molecule has 1 aliphatic heterocycles. The summed E-state index contributed by atoms with van der Waals surface area (Å²) in [6, 6.07) is 0.